The van der Waals surface area contributed by atoms with Crippen molar-refractivity contribution in [1.82, 2.24) is 20.1 Å². The molecular formula is C36H37N8O8S2+. The number of phenols is 1. The molecule has 16 nitrogen and oxygen atoms in total. The molecule has 1 aliphatic carbocycles. The molecule has 54 heavy (non-hydrogen) atoms. The Kier molecular flexibility index (Phi) is 10.6. The Morgan fingerprint density at radius 1 is 1.11 bits per heavy atom. The van der Waals surface area contributed by atoms with Crippen molar-refractivity contribution in [3.05, 3.63) is 88.3 Å². The van der Waals surface area contributed by atoms with Gasteiger partial charge < -0.3 is 36.3 Å². The number of carbonyl (C=O) groups is 5. The number of fused-ring (bicyclic) bond motifs is 1. The maximum Gasteiger partial charge on any atom is 0.352 e. The van der Waals surface area contributed by atoms with Crippen molar-refractivity contribution in [2.45, 2.75) is 62.7 Å². The number of nitrogens with one attached hydrogen (secondary N) is 2. The fourth-order valence-corrected chi connectivity index (χ4v) is 8.53. The number of aliphatic carboxylic acids is 1. The number of β-lactam (4-membered cyclic amide) rings is 1. The average Bonchev–Trinajstić information content (AvgIpc) is 3.91. The smallest absolute Gasteiger partial charge is 0.352 e. The van der Waals surface area contributed by atoms with E-state index in [2.05, 4.69) is 20.8 Å². The lowest BCUT2D eigenvalue weighted by atomic mass is 10.0. The van der Waals surface area contributed by atoms with Crippen LogP contribution in [0.25, 0.3) is 0 Å². The number of carbonyl (C=O) groups excluding carboxylic acids is 4. The molecule has 3 fully saturated rings. The van der Waals surface area contributed by atoms with Gasteiger partial charge in [-0.1, -0.05) is 5.16 Å². The summed E-state index contributed by atoms with van der Waals surface area (Å²) < 4.78 is 1.70. The van der Waals surface area contributed by atoms with E-state index in [1.54, 1.807) is 45.4 Å². The zero-order valence-corrected chi connectivity index (χ0v) is 30.5. The van der Waals surface area contributed by atoms with Crippen LogP contribution in [0, 0.1) is 0 Å². The van der Waals surface area contributed by atoms with Crippen LogP contribution in [0.5, 0.6) is 5.75 Å². The highest BCUT2D eigenvalue weighted by molar-refractivity contribution is 8.00. The molecule has 2 aromatic heterocycles. The highest BCUT2D eigenvalue weighted by atomic mass is 32.2. The minimum absolute atomic E-state index is 0.0655. The number of carboxylic acid groups (broad SMARTS) is 1. The zero-order valence-electron chi connectivity index (χ0n) is 28.8. The maximum atomic E-state index is 13.4. The molecule has 0 unspecified atom stereocenters. The topological polar surface area (TPSA) is 221 Å². The highest BCUT2D eigenvalue weighted by Crippen LogP contribution is 2.41. The van der Waals surface area contributed by atoms with Gasteiger partial charge in [-0.25, -0.2) is 9.78 Å². The number of likely N-dealkylation sites (tertiary alicyclic amines) is 1. The summed E-state index contributed by atoms with van der Waals surface area (Å²) in [5, 5.41) is 30.3. The van der Waals surface area contributed by atoms with E-state index in [1.807, 2.05) is 12.1 Å². The van der Waals surface area contributed by atoms with Crippen molar-refractivity contribution in [2.75, 3.05) is 23.3 Å². The van der Waals surface area contributed by atoms with E-state index in [-0.39, 0.29) is 58.2 Å². The van der Waals surface area contributed by atoms with E-state index in [9.17, 15) is 34.2 Å². The number of rotatable bonds is 12. The molecule has 4 amide bonds. The number of thiazole rings is 1. The standard InChI is InChI=1S/C36H36N8O8S2/c37-36-39-26(19-54-36)28(41-52-25-3-1-2-4-25)31(47)40-29-33(49)44-30(35(50)51)22(18-53-34(29)44)15-21-11-14-43(32(21)48)16-20-9-12-42(13-10-20)17-27(46)38-23-5-7-24(45)8-6-23/h5-10,12-13,15,19,25,29,34H,1-4,11,14,16-18H2,(H5-,37,38,39,40,41,45,46,47,50,51)/p+1/b21-15+/t29-,34-/m1/s1. The number of hydrogen-bond acceptors (Lipinski definition) is 12. The number of nitrogens with zero attached hydrogens (tertiary/aromatic N) is 5. The number of allylic oxidation sites excluding steroid dienone is 1. The number of amides is 4. The number of pyridine rings is 1. The van der Waals surface area contributed by atoms with Crippen molar-refractivity contribution in [3.63, 3.8) is 0 Å². The summed E-state index contributed by atoms with van der Waals surface area (Å²) in [7, 11) is 0. The van der Waals surface area contributed by atoms with Crippen LogP contribution >= 0.6 is 23.1 Å². The lowest BCUT2D eigenvalue weighted by Gasteiger charge is -2.49. The number of aromatic nitrogens is 2. The van der Waals surface area contributed by atoms with Crippen LogP contribution < -0.4 is 20.9 Å². The molecule has 1 saturated carbocycles. The molecule has 2 saturated heterocycles. The molecule has 2 atom stereocenters. The fraction of sp³-hybridized carbons (Fsp3) is 0.333. The van der Waals surface area contributed by atoms with Gasteiger partial charge in [0.05, 0.1) is 0 Å². The average molecular weight is 774 g/mol. The predicted octanol–water partition coefficient (Wildman–Crippen LogP) is 2.12. The maximum absolute atomic E-state index is 13.4. The van der Waals surface area contributed by atoms with Crippen molar-refractivity contribution < 1.29 is 43.6 Å². The SMILES string of the molecule is Nc1nc(/C(=N/OC2CCCC2)C(=O)N[C@@H]2C(=O)N3C(C(=O)O)=C(/C=C4\CCN(Cc5cc[n+](CC(=O)Nc6ccc(O)cc6)cc5)C4=O)CS[C@H]23)cs1. The molecule has 0 radical (unpaired) electrons. The molecule has 18 heteroatoms. The quantitative estimate of drug-likeness (QED) is 0.0448. The summed E-state index contributed by atoms with van der Waals surface area (Å²) in [6.45, 7) is 0.806. The molecule has 5 heterocycles. The van der Waals surface area contributed by atoms with Crippen molar-refractivity contribution in [1.29, 1.82) is 0 Å². The van der Waals surface area contributed by atoms with Gasteiger partial charge in [0.2, 0.25) is 12.5 Å². The van der Waals surface area contributed by atoms with E-state index >= 15 is 0 Å². The first-order valence-electron chi connectivity index (χ1n) is 17.3. The molecule has 0 bridgehead atoms. The van der Waals surface area contributed by atoms with Crippen LogP contribution in [-0.2, 0) is 41.9 Å². The number of anilines is 2. The van der Waals surface area contributed by atoms with Crippen molar-refractivity contribution in [3.8, 4) is 5.75 Å². The van der Waals surface area contributed by atoms with Gasteiger partial charge in [-0.15, -0.1) is 23.1 Å². The largest absolute Gasteiger partial charge is 0.508 e. The first kappa shape index (κ1) is 36.6. The van der Waals surface area contributed by atoms with Gasteiger partial charge in [-0.3, -0.25) is 24.1 Å². The Labute approximate surface area is 317 Å². The van der Waals surface area contributed by atoms with Crippen LogP contribution in [0.15, 0.2) is 82.2 Å². The zero-order chi connectivity index (χ0) is 37.9. The molecule has 1 aromatic carbocycles. The molecule has 280 valence electrons. The second-order valence-corrected chi connectivity index (χ2v) is 15.2. The van der Waals surface area contributed by atoms with Crippen molar-refractivity contribution in [2.24, 2.45) is 5.16 Å². The number of aromatic hydroxyl groups is 1. The third kappa shape index (κ3) is 7.93. The molecule has 3 aliphatic heterocycles. The normalized spacial score (nSPS) is 21.0. The number of hydrogen-bond donors (Lipinski definition) is 5. The Hall–Kier alpha value is -5.75. The van der Waals surface area contributed by atoms with Gasteiger partial charge in [0, 0.05) is 47.6 Å². The van der Waals surface area contributed by atoms with E-state index in [4.69, 9.17) is 10.6 Å². The highest BCUT2D eigenvalue weighted by Gasteiger charge is 2.54. The minimum atomic E-state index is -1.31. The van der Waals surface area contributed by atoms with Gasteiger partial charge >= 0.3 is 5.97 Å². The van der Waals surface area contributed by atoms with Gasteiger partial charge in [0.1, 0.15) is 34.7 Å². The van der Waals surface area contributed by atoms with E-state index in [0.717, 1.165) is 47.5 Å². The molecular weight excluding hydrogens is 737 g/mol. The number of carboxylic acids is 1. The van der Waals surface area contributed by atoms with Gasteiger partial charge in [-0.05, 0) is 73.6 Å². The Morgan fingerprint density at radius 2 is 1.85 bits per heavy atom. The van der Waals surface area contributed by atoms with Gasteiger partial charge in [0.25, 0.3) is 17.7 Å². The number of nitrogen functional groups attached to an aromatic ring is 1. The molecule has 4 aliphatic rings. The Morgan fingerprint density at radius 3 is 2.54 bits per heavy atom. The number of oxime groups is 1. The summed E-state index contributed by atoms with van der Waals surface area (Å²) in [5.74, 6) is -2.77. The molecule has 3 aromatic rings. The predicted molar refractivity (Wildman–Crippen MR) is 198 cm³/mol. The molecule has 0 spiro atoms. The van der Waals surface area contributed by atoms with Crippen LogP contribution in [0.4, 0.5) is 10.8 Å². The number of benzene rings is 1. The van der Waals surface area contributed by atoms with Crippen LogP contribution in [-0.4, -0.2) is 90.1 Å². The lowest BCUT2D eigenvalue weighted by molar-refractivity contribution is -0.684. The fourth-order valence-electron chi connectivity index (χ4n) is 6.68. The van der Waals surface area contributed by atoms with Gasteiger partial charge in [0.15, 0.2) is 23.2 Å². The summed E-state index contributed by atoms with van der Waals surface area (Å²) in [5.41, 5.74) is 7.85. The second-order valence-electron chi connectivity index (χ2n) is 13.2. The lowest BCUT2D eigenvalue weighted by Crippen LogP contribution is -2.71. The third-order valence-electron chi connectivity index (χ3n) is 9.43. The minimum Gasteiger partial charge on any atom is -0.508 e. The van der Waals surface area contributed by atoms with Gasteiger partial charge in [-0.2, -0.15) is 4.57 Å². The summed E-state index contributed by atoms with van der Waals surface area (Å²) in [6, 6.07) is 8.80. The number of thioether (sulfide) groups is 1. The number of phenolic OH excluding ortho intramolecular Hbond substituents is 1. The first-order chi connectivity index (χ1) is 26.0. The second kappa shape index (κ2) is 15.7. The monoisotopic (exact) mass is 773 g/mol. The Bertz CT molecular complexity index is 2080. The van der Waals surface area contributed by atoms with Crippen LogP contribution in [0.2, 0.25) is 0 Å². The summed E-state index contributed by atoms with van der Waals surface area (Å²) >= 11 is 2.42. The summed E-state index contributed by atoms with van der Waals surface area (Å²) in [4.78, 5) is 77.9. The van der Waals surface area contributed by atoms with E-state index in [1.165, 1.54) is 23.9 Å². The molecule has 6 N–H and O–H groups in total. The van der Waals surface area contributed by atoms with E-state index in [0.29, 0.717) is 36.3 Å². The van der Waals surface area contributed by atoms with E-state index < -0.39 is 29.2 Å². The first-order valence-corrected chi connectivity index (χ1v) is 19.2. The third-order valence-corrected chi connectivity index (χ3v) is 11.4. The Balaban J connectivity index is 0.980. The molecule has 7 rings (SSSR count). The summed E-state index contributed by atoms with van der Waals surface area (Å²) in [6.07, 6.45) is 8.98. The van der Waals surface area contributed by atoms with Crippen molar-refractivity contribution >= 4 is 69.2 Å². The van der Waals surface area contributed by atoms with Crippen LogP contribution in [0.3, 0.4) is 0 Å². The van der Waals surface area contributed by atoms with Crippen LogP contribution in [0.1, 0.15) is 43.4 Å². The number of nitrogens with two attached hydrogens (primary N) is 1.